The van der Waals surface area contributed by atoms with Crippen LogP contribution in [0.3, 0.4) is 0 Å². The lowest BCUT2D eigenvalue weighted by Gasteiger charge is -2.23. The van der Waals surface area contributed by atoms with Gasteiger partial charge in [-0.2, -0.15) is 0 Å². The fourth-order valence-electron chi connectivity index (χ4n) is 4.96. The van der Waals surface area contributed by atoms with Crippen LogP contribution in [0.15, 0.2) is 34.3 Å². The number of hydrogen-bond acceptors (Lipinski definition) is 19. The SMILES string of the molecule is C=N/C(=C\N=C(C)C(CC(=O)CC(SC[C@H](NC(=O)CC[C@@H](N)C(=O)O)C(=O)NCC(=O)O)c1cnc(C(C)=O)cn1)SC[C@H](NC(=O)CC[C@H](N)C(=O)O)C(=O)NCC(=O)O)C(C)=O. The van der Waals surface area contributed by atoms with E-state index in [0.717, 1.165) is 35.9 Å². The predicted octanol–water partition coefficient (Wildman–Crippen LogP) is -1.75. The highest BCUT2D eigenvalue weighted by molar-refractivity contribution is 8.00. The minimum atomic E-state index is -1.44. The second-order valence-corrected chi connectivity index (χ2v) is 16.4. The lowest BCUT2D eigenvalue weighted by atomic mass is 10.1. The van der Waals surface area contributed by atoms with Crippen LogP contribution in [0, 0.1) is 0 Å². The number of thioether (sulfide) groups is 2. The summed E-state index contributed by atoms with van der Waals surface area (Å²) in [4.78, 5) is 151. The summed E-state index contributed by atoms with van der Waals surface area (Å²) in [6.45, 7) is 5.62. The number of amides is 4. The van der Waals surface area contributed by atoms with E-state index in [4.69, 9.17) is 31.9 Å². The molecule has 356 valence electrons. The summed E-state index contributed by atoms with van der Waals surface area (Å²) >= 11 is 1.83. The van der Waals surface area contributed by atoms with E-state index >= 15 is 0 Å². The second-order valence-electron chi connectivity index (χ2n) is 13.9. The fourth-order valence-corrected chi connectivity index (χ4v) is 7.48. The molecular formula is C38H52N10O15S2. The molecule has 0 aliphatic heterocycles. The second kappa shape index (κ2) is 29.1. The van der Waals surface area contributed by atoms with Gasteiger partial charge in [0.25, 0.3) is 0 Å². The van der Waals surface area contributed by atoms with Crippen LogP contribution in [0.5, 0.6) is 0 Å². The van der Waals surface area contributed by atoms with E-state index in [9.17, 15) is 52.7 Å². The molecule has 0 saturated heterocycles. The van der Waals surface area contributed by atoms with Gasteiger partial charge in [-0.15, -0.1) is 23.5 Å². The van der Waals surface area contributed by atoms with Crippen LogP contribution < -0.4 is 32.7 Å². The smallest absolute Gasteiger partial charge is 0.322 e. The van der Waals surface area contributed by atoms with Gasteiger partial charge in [0.2, 0.25) is 23.6 Å². The van der Waals surface area contributed by atoms with Crippen molar-refractivity contribution in [1.29, 1.82) is 0 Å². The summed E-state index contributed by atoms with van der Waals surface area (Å²) in [6, 6.07) is -5.66. The van der Waals surface area contributed by atoms with Gasteiger partial charge in [0.05, 0.1) is 29.5 Å². The Hall–Kier alpha value is -6.45. The molecule has 2 unspecified atom stereocenters. The lowest BCUT2D eigenvalue weighted by molar-refractivity contribution is -0.140. The lowest BCUT2D eigenvalue weighted by Crippen LogP contribution is -2.50. The third-order valence-corrected chi connectivity index (χ3v) is 11.4. The Morgan fingerprint density at radius 2 is 1.23 bits per heavy atom. The van der Waals surface area contributed by atoms with Gasteiger partial charge in [0, 0.05) is 62.0 Å². The molecule has 1 aromatic heterocycles. The number of rotatable bonds is 32. The molecule has 1 aromatic rings. The first-order valence-electron chi connectivity index (χ1n) is 19.3. The Balaban J connectivity index is 3.62. The molecule has 1 heterocycles. The first-order valence-corrected chi connectivity index (χ1v) is 21.4. The average molecular weight is 953 g/mol. The summed E-state index contributed by atoms with van der Waals surface area (Å²) < 4.78 is 0. The van der Waals surface area contributed by atoms with Crippen molar-refractivity contribution in [2.45, 2.75) is 94.0 Å². The van der Waals surface area contributed by atoms with Gasteiger partial charge < -0.3 is 53.2 Å². The molecule has 4 amide bonds. The van der Waals surface area contributed by atoms with Crippen LogP contribution in [0.2, 0.25) is 0 Å². The largest absolute Gasteiger partial charge is 0.480 e. The van der Waals surface area contributed by atoms with Gasteiger partial charge in [0.15, 0.2) is 11.6 Å². The molecule has 0 fully saturated rings. The zero-order valence-electron chi connectivity index (χ0n) is 35.5. The van der Waals surface area contributed by atoms with Crippen molar-refractivity contribution in [1.82, 2.24) is 31.2 Å². The molecular weight excluding hydrogens is 901 g/mol. The van der Waals surface area contributed by atoms with E-state index in [2.05, 4.69) is 47.9 Å². The standard InChI is InChI=1S/C38H52N10O15S2/c1-18(42-11-24(41-4)19(2)49)29(64-16-27(35(58)45-14-33(54)55)47-31(52)7-5-22(39)37(60)61)9-21(51)10-30(26-13-43-25(12-44-26)20(3)50)65-17-28(36(59)46-15-34(56)57)48-32(53)8-6-23(40)38(62)63/h11-13,22-23,27-30H,4-10,14-17,39-40H2,1-3H3,(H,45,58)(H,46,59)(H,47,52)(H,48,53)(H,54,55)(H,56,57)(H,60,61)(H,62,63)/b24-11-,42-18?/t22-,23+,27-,28-,29?,30?/m0/s1. The van der Waals surface area contributed by atoms with E-state index in [0.29, 0.717) is 0 Å². The third kappa shape index (κ3) is 22.6. The number of aliphatic imine (C=N–C) groups is 2. The van der Waals surface area contributed by atoms with Crippen molar-refractivity contribution in [3.05, 3.63) is 35.7 Å². The summed E-state index contributed by atoms with van der Waals surface area (Å²) in [5, 5.41) is 43.7. The van der Waals surface area contributed by atoms with E-state index in [1.165, 1.54) is 27.0 Å². The van der Waals surface area contributed by atoms with E-state index < -0.39 is 125 Å². The van der Waals surface area contributed by atoms with Gasteiger partial charge in [-0.05, 0) is 26.5 Å². The van der Waals surface area contributed by atoms with Crippen molar-refractivity contribution in [3.63, 3.8) is 0 Å². The van der Waals surface area contributed by atoms with Crippen molar-refractivity contribution in [2.24, 2.45) is 21.5 Å². The van der Waals surface area contributed by atoms with Crippen LogP contribution in [0.25, 0.3) is 0 Å². The fraction of sp³-hybridized carbons (Fsp3) is 0.500. The molecule has 1 rings (SSSR count). The van der Waals surface area contributed by atoms with Crippen LogP contribution in [-0.2, 0) is 47.9 Å². The maximum absolute atomic E-state index is 14.1. The monoisotopic (exact) mass is 952 g/mol. The number of carboxylic acid groups (broad SMARTS) is 4. The first kappa shape index (κ1) is 56.6. The molecule has 0 aromatic carbocycles. The number of carbonyl (C=O) groups is 11. The van der Waals surface area contributed by atoms with E-state index in [1.807, 2.05) is 0 Å². The zero-order valence-corrected chi connectivity index (χ0v) is 37.1. The Labute approximate surface area is 379 Å². The molecule has 0 saturated carbocycles. The highest BCUT2D eigenvalue weighted by atomic mass is 32.2. The number of Topliss-reactive ketones (excluding diaryl/α,β-unsaturated/α-hetero) is 3. The summed E-state index contributed by atoms with van der Waals surface area (Å²) in [6.07, 6.45) is 1.29. The molecule has 25 nitrogen and oxygen atoms in total. The number of nitrogens with one attached hydrogen (secondary N) is 4. The van der Waals surface area contributed by atoms with Gasteiger partial charge >= 0.3 is 23.9 Å². The molecule has 65 heavy (non-hydrogen) atoms. The topological polar surface area (TPSA) is 419 Å². The van der Waals surface area contributed by atoms with Crippen molar-refractivity contribution in [2.75, 3.05) is 24.6 Å². The summed E-state index contributed by atoms with van der Waals surface area (Å²) in [5.41, 5.74) is 11.2. The van der Waals surface area contributed by atoms with Crippen LogP contribution >= 0.6 is 23.5 Å². The Morgan fingerprint density at radius 3 is 1.63 bits per heavy atom. The van der Waals surface area contributed by atoms with Crippen LogP contribution in [-0.4, -0.2) is 162 Å². The van der Waals surface area contributed by atoms with Crippen molar-refractivity contribution in [3.8, 4) is 0 Å². The summed E-state index contributed by atoms with van der Waals surface area (Å²) in [7, 11) is 0. The van der Waals surface area contributed by atoms with E-state index in [-0.39, 0.29) is 60.0 Å². The number of hydrogen-bond donors (Lipinski definition) is 10. The molecule has 12 N–H and O–H groups in total. The average Bonchev–Trinajstić information content (AvgIpc) is 3.24. The van der Waals surface area contributed by atoms with Crippen molar-refractivity contribution >= 4 is 101 Å². The first-order chi connectivity index (χ1) is 30.4. The number of ketones is 3. The van der Waals surface area contributed by atoms with Gasteiger partial charge in [0.1, 0.15) is 54.4 Å². The van der Waals surface area contributed by atoms with Gasteiger partial charge in [-0.25, -0.2) is 4.98 Å². The number of carbonyl (C=O) groups excluding carboxylic acids is 7. The normalized spacial score (nSPS) is 14.2. The molecule has 0 spiro atoms. The minimum Gasteiger partial charge on any atom is -0.480 e. The molecule has 0 aliphatic carbocycles. The highest BCUT2D eigenvalue weighted by Crippen LogP contribution is 2.33. The number of allylic oxidation sites excluding steroid dienone is 1. The Morgan fingerprint density at radius 1 is 0.738 bits per heavy atom. The summed E-state index contributed by atoms with van der Waals surface area (Å²) in [5.74, 6) is -11.1. The highest BCUT2D eigenvalue weighted by Gasteiger charge is 2.30. The number of carboxylic acids is 4. The number of nitrogens with zero attached hydrogens (tertiary/aromatic N) is 4. The van der Waals surface area contributed by atoms with Gasteiger partial charge in [-0.3, -0.25) is 67.7 Å². The predicted molar refractivity (Wildman–Crippen MR) is 234 cm³/mol. The Kier molecular flexibility index (Phi) is 25.3. The molecule has 0 radical (unpaired) electrons. The number of aliphatic carboxylic acids is 4. The Bertz CT molecular complexity index is 2020. The number of nitrogens with two attached hydrogens (primary N) is 2. The third-order valence-electron chi connectivity index (χ3n) is 8.63. The van der Waals surface area contributed by atoms with Gasteiger partial charge in [-0.1, -0.05) is 0 Å². The zero-order chi connectivity index (χ0) is 49.4. The minimum absolute atomic E-state index is 0.0179. The quantitative estimate of drug-likeness (QED) is 0.0217. The van der Waals surface area contributed by atoms with Crippen LogP contribution in [0.4, 0.5) is 0 Å². The van der Waals surface area contributed by atoms with Crippen LogP contribution in [0.1, 0.15) is 80.7 Å². The molecule has 0 aliphatic rings. The maximum atomic E-state index is 14.1. The molecule has 0 bridgehead atoms. The maximum Gasteiger partial charge on any atom is 0.322 e. The molecule has 6 atom stereocenters. The number of aromatic nitrogens is 2. The van der Waals surface area contributed by atoms with Crippen molar-refractivity contribution < 1.29 is 73.2 Å². The van der Waals surface area contributed by atoms with E-state index in [1.54, 1.807) is 0 Å². The molecule has 27 heteroatoms.